The lowest BCUT2D eigenvalue weighted by Crippen LogP contribution is -2.32. The predicted octanol–water partition coefficient (Wildman–Crippen LogP) is 5.31. The molecule has 2 atom stereocenters. The predicted molar refractivity (Wildman–Crippen MR) is 118 cm³/mol. The van der Waals surface area contributed by atoms with Crippen molar-refractivity contribution in [3.8, 4) is 11.4 Å². The number of alkyl halides is 3. The Bertz CT molecular complexity index is 1330. The molecule has 1 aromatic heterocycles. The van der Waals surface area contributed by atoms with Crippen LogP contribution in [0.3, 0.4) is 0 Å². The van der Waals surface area contributed by atoms with Gasteiger partial charge in [-0.15, -0.1) is 0 Å². The first-order valence-electron chi connectivity index (χ1n) is 10.8. The molecule has 1 heterocycles. The maximum Gasteiger partial charge on any atom is 0.425 e. The van der Waals surface area contributed by atoms with Crippen LogP contribution < -0.4 is 15.7 Å². The van der Waals surface area contributed by atoms with E-state index in [1.165, 1.54) is 11.5 Å². The molecule has 3 rings (SSSR count). The fraction of sp³-hybridized carbons (Fsp3) is 0.348. The Labute approximate surface area is 201 Å². The van der Waals surface area contributed by atoms with Gasteiger partial charge in [0.25, 0.3) is 5.91 Å². The second kappa shape index (κ2) is 10.1. The normalized spacial score (nSPS) is 13.4. The quantitative estimate of drug-likeness (QED) is 0.432. The Balaban J connectivity index is 2.16. The van der Waals surface area contributed by atoms with Crippen molar-refractivity contribution in [3.63, 3.8) is 0 Å². The van der Waals surface area contributed by atoms with Gasteiger partial charge in [0.15, 0.2) is 6.10 Å². The van der Waals surface area contributed by atoms with Gasteiger partial charge in [0.05, 0.1) is 5.56 Å². The Morgan fingerprint density at radius 1 is 1.11 bits per heavy atom. The zero-order chi connectivity index (χ0) is 26.9. The summed E-state index contributed by atoms with van der Waals surface area (Å²) >= 11 is 0. The van der Waals surface area contributed by atoms with Crippen molar-refractivity contribution in [2.24, 2.45) is 0 Å². The van der Waals surface area contributed by atoms with Gasteiger partial charge < -0.3 is 10.1 Å². The van der Waals surface area contributed by atoms with Crippen molar-refractivity contribution < 1.29 is 35.9 Å². The molecule has 0 bridgehead atoms. The Kier molecular flexibility index (Phi) is 7.51. The minimum Gasteiger partial charge on any atom is -0.480 e. The number of nitrogens with zero attached hydrogens (tertiary/aromatic N) is 3. The molecule has 1 N–H and O–H groups in total. The molecule has 7 nitrogen and oxygen atoms in total. The number of ether oxygens (including phenoxy) is 1. The summed E-state index contributed by atoms with van der Waals surface area (Å²) in [6, 6.07) is 3.62. The van der Waals surface area contributed by atoms with E-state index in [0.29, 0.717) is 30.2 Å². The number of aryl methyl sites for hydroxylation is 1. The number of halogens is 6. The summed E-state index contributed by atoms with van der Waals surface area (Å²) in [4.78, 5) is 25.6. The lowest BCUT2D eigenvalue weighted by Gasteiger charge is -2.20. The molecule has 0 saturated heterocycles. The van der Waals surface area contributed by atoms with Gasteiger partial charge in [0.2, 0.25) is 0 Å². The zero-order valence-electron chi connectivity index (χ0n) is 19.6. The van der Waals surface area contributed by atoms with E-state index in [1.807, 2.05) is 12.2 Å². The third-order valence-electron chi connectivity index (χ3n) is 5.50. The first-order chi connectivity index (χ1) is 16.8. The Morgan fingerprint density at radius 3 is 2.28 bits per heavy atom. The van der Waals surface area contributed by atoms with Crippen LogP contribution in [0.2, 0.25) is 0 Å². The fourth-order valence-corrected chi connectivity index (χ4v) is 3.36. The highest BCUT2D eigenvalue weighted by atomic mass is 19.4. The van der Waals surface area contributed by atoms with Crippen molar-refractivity contribution in [1.82, 2.24) is 14.3 Å². The number of para-hydroxylation sites is 1. The summed E-state index contributed by atoms with van der Waals surface area (Å²) in [5, 5.41) is 5.87. The van der Waals surface area contributed by atoms with Crippen molar-refractivity contribution in [2.45, 2.75) is 52.4 Å². The minimum absolute atomic E-state index is 0.219. The van der Waals surface area contributed by atoms with Crippen LogP contribution in [0.5, 0.6) is 5.75 Å². The molecule has 0 saturated carbocycles. The molecular formula is C23H22F6N4O3. The lowest BCUT2D eigenvalue weighted by atomic mass is 10.1. The van der Waals surface area contributed by atoms with Crippen LogP contribution in [0.4, 0.5) is 32.0 Å². The summed E-state index contributed by atoms with van der Waals surface area (Å²) in [6.45, 7) is 5.68. The SMILES string of the molecule is CCC(C)n1c(C)nn(-c2cc(O[C@@H](C)C(F)(F)F)c(C(=O)Nc3c(F)cccc3F)cc2F)c1=O. The number of rotatable bonds is 7. The van der Waals surface area contributed by atoms with Gasteiger partial charge in [-0.2, -0.15) is 23.0 Å². The van der Waals surface area contributed by atoms with Gasteiger partial charge in [-0.1, -0.05) is 13.0 Å². The van der Waals surface area contributed by atoms with Gasteiger partial charge in [-0.25, -0.2) is 18.0 Å². The molecule has 1 unspecified atom stereocenters. The standard InChI is InChI=1S/C23H22F6N4O3/c1-5-11(2)32-13(4)31-33(22(32)35)18-10-19(36-12(3)23(27,28)29)14(9-17(18)26)21(34)30-20-15(24)7-6-8-16(20)25/h6-12H,5H2,1-4H3,(H,30,34)/t11?,12-/m0/s1. The summed E-state index contributed by atoms with van der Waals surface area (Å²) in [5.74, 6) is -5.45. The highest BCUT2D eigenvalue weighted by molar-refractivity contribution is 6.06. The Morgan fingerprint density at radius 2 is 1.72 bits per heavy atom. The molecule has 0 aliphatic rings. The maximum absolute atomic E-state index is 15.1. The first-order valence-corrected chi connectivity index (χ1v) is 10.8. The highest BCUT2D eigenvalue weighted by Crippen LogP contribution is 2.31. The smallest absolute Gasteiger partial charge is 0.425 e. The monoisotopic (exact) mass is 516 g/mol. The van der Waals surface area contributed by atoms with Crippen molar-refractivity contribution >= 4 is 11.6 Å². The van der Waals surface area contributed by atoms with Crippen LogP contribution in [0.15, 0.2) is 35.1 Å². The number of aromatic nitrogens is 3. The number of amides is 1. The molecular weight excluding hydrogens is 494 g/mol. The molecule has 2 aromatic carbocycles. The topological polar surface area (TPSA) is 78.2 Å². The summed E-state index contributed by atoms with van der Waals surface area (Å²) in [7, 11) is 0. The molecule has 0 radical (unpaired) electrons. The van der Waals surface area contributed by atoms with Gasteiger partial charge in [0.1, 0.15) is 40.4 Å². The van der Waals surface area contributed by atoms with Gasteiger partial charge in [-0.3, -0.25) is 9.36 Å². The Hall–Kier alpha value is -3.77. The number of hydrogen-bond acceptors (Lipinski definition) is 4. The van der Waals surface area contributed by atoms with Crippen molar-refractivity contribution in [1.29, 1.82) is 0 Å². The first kappa shape index (κ1) is 26.8. The van der Waals surface area contributed by atoms with E-state index in [2.05, 4.69) is 5.10 Å². The van der Waals surface area contributed by atoms with Crippen LogP contribution in [0.25, 0.3) is 5.69 Å². The van der Waals surface area contributed by atoms with Gasteiger partial charge in [0, 0.05) is 12.1 Å². The molecule has 0 fully saturated rings. The third-order valence-corrected chi connectivity index (χ3v) is 5.50. The average molecular weight is 516 g/mol. The molecule has 194 valence electrons. The molecule has 36 heavy (non-hydrogen) atoms. The lowest BCUT2D eigenvalue weighted by molar-refractivity contribution is -0.189. The van der Waals surface area contributed by atoms with Crippen LogP contribution in [-0.4, -0.2) is 32.5 Å². The van der Waals surface area contributed by atoms with Crippen LogP contribution in [0, 0.1) is 24.4 Å². The zero-order valence-corrected chi connectivity index (χ0v) is 19.6. The summed E-state index contributed by atoms with van der Waals surface area (Å²) in [6.07, 6.45) is -6.78. The highest BCUT2D eigenvalue weighted by Gasteiger charge is 2.39. The number of hydrogen-bond donors (Lipinski definition) is 1. The maximum atomic E-state index is 15.1. The second-order valence-corrected chi connectivity index (χ2v) is 8.02. The molecule has 13 heteroatoms. The molecule has 3 aromatic rings. The van der Waals surface area contributed by atoms with E-state index >= 15 is 4.39 Å². The van der Waals surface area contributed by atoms with Crippen molar-refractivity contribution in [2.75, 3.05) is 5.32 Å². The van der Waals surface area contributed by atoms with E-state index in [4.69, 9.17) is 4.74 Å². The molecule has 1 amide bonds. The largest absolute Gasteiger partial charge is 0.480 e. The molecule has 0 spiro atoms. The van der Waals surface area contributed by atoms with E-state index in [-0.39, 0.29) is 11.9 Å². The molecule has 0 aliphatic carbocycles. The summed E-state index contributed by atoms with van der Waals surface area (Å²) < 4.78 is 89.5. The van der Waals surface area contributed by atoms with Crippen LogP contribution in [-0.2, 0) is 0 Å². The van der Waals surface area contributed by atoms with Gasteiger partial charge >= 0.3 is 11.9 Å². The van der Waals surface area contributed by atoms with Gasteiger partial charge in [-0.05, 0) is 45.4 Å². The number of carbonyl (C=O) groups excluding carboxylic acids is 1. The molecule has 0 aliphatic heterocycles. The van der Waals surface area contributed by atoms with E-state index in [1.54, 1.807) is 6.92 Å². The van der Waals surface area contributed by atoms with E-state index in [9.17, 15) is 31.5 Å². The third kappa shape index (κ3) is 5.24. The number of carbonyl (C=O) groups is 1. The van der Waals surface area contributed by atoms with E-state index in [0.717, 1.165) is 18.2 Å². The minimum atomic E-state index is -4.87. The van der Waals surface area contributed by atoms with Crippen LogP contribution in [0.1, 0.15) is 49.4 Å². The number of anilines is 1. The number of nitrogens with one attached hydrogen (secondary N) is 1. The van der Waals surface area contributed by atoms with Crippen molar-refractivity contribution in [3.05, 3.63) is 69.7 Å². The summed E-state index contributed by atoms with van der Waals surface area (Å²) in [5.41, 5.74) is -3.02. The van der Waals surface area contributed by atoms with Crippen LogP contribution >= 0.6 is 0 Å². The number of benzene rings is 2. The fourth-order valence-electron chi connectivity index (χ4n) is 3.36. The van der Waals surface area contributed by atoms with E-state index < -0.39 is 64.0 Å². The average Bonchev–Trinajstić information content (AvgIpc) is 3.09. The second-order valence-electron chi connectivity index (χ2n) is 8.02.